The lowest BCUT2D eigenvalue weighted by Crippen LogP contribution is -2.15. The van der Waals surface area contributed by atoms with E-state index in [9.17, 15) is 26.4 Å². The average molecular weight is 447 g/mol. The molecular formula is C21H16F3N3O3S. The molecule has 0 radical (unpaired) electrons. The molecule has 0 atom stereocenters. The minimum atomic E-state index is -4.60. The van der Waals surface area contributed by atoms with Gasteiger partial charge in [-0.05, 0) is 54.1 Å². The molecule has 0 aliphatic heterocycles. The van der Waals surface area contributed by atoms with Crippen molar-refractivity contribution < 1.29 is 26.4 Å². The van der Waals surface area contributed by atoms with Gasteiger partial charge < -0.3 is 5.32 Å². The zero-order chi connectivity index (χ0) is 22.5. The van der Waals surface area contributed by atoms with Crippen molar-refractivity contribution in [2.75, 3.05) is 10.0 Å². The molecule has 0 saturated carbocycles. The molecule has 0 bridgehead atoms. The van der Waals surface area contributed by atoms with Gasteiger partial charge in [0.2, 0.25) is 5.91 Å². The number of halogens is 3. The maximum absolute atomic E-state index is 12.8. The van der Waals surface area contributed by atoms with Gasteiger partial charge in [0.15, 0.2) is 0 Å². The molecule has 1 aromatic heterocycles. The molecule has 3 rings (SSSR count). The van der Waals surface area contributed by atoms with Crippen LogP contribution in [0.2, 0.25) is 0 Å². The van der Waals surface area contributed by atoms with Crippen LogP contribution in [-0.4, -0.2) is 19.3 Å². The Balaban J connectivity index is 1.74. The summed E-state index contributed by atoms with van der Waals surface area (Å²) in [6.07, 6.45) is 1.36. The number of nitrogens with one attached hydrogen (secondary N) is 2. The number of alkyl halides is 3. The second-order valence-electron chi connectivity index (χ2n) is 6.32. The first-order valence-electron chi connectivity index (χ1n) is 8.83. The second kappa shape index (κ2) is 9.00. The van der Waals surface area contributed by atoms with Crippen LogP contribution < -0.4 is 10.0 Å². The lowest BCUT2D eigenvalue weighted by molar-refractivity contribution is -0.137. The lowest BCUT2D eigenvalue weighted by atomic mass is 10.2. The van der Waals surface area contributed by atoms with E-state index < -0.39 is 27.7 Å². The van der Waals surface area contributed by atoms with Crippen molar-refractivity contribution in [3.63, 3.8) is 0 Å². The van der Waals surface area contributed by atoms with Gasteiger partial charge in [-0.3, -0.25) is 14.5 Å². The van der Waals surface area contributed by atoms with Gasteiger partial charge in [0.1, 0.15) is 0 Å². The first kappa shape index (κ1) is 22.0. The fourth-order valence-corrected chi connectivity index (χ4v) is 3.64. The Morgan fingerprint density at radius 2 is 1.71 bits per heavy atom. The molecular weight excluding hydrogens is 431 g/mol. The van der Waals surface area contributed by atoms with Crippen LogP contribution in [-0.2, 0) is 21.0 Å². The Kier molecular flexibility index (Phi) is 6.40. The van der Waals surface area contributed by atoms with Crippen molar-refractivity contribution in [1.29, 1.82) is 0 Å². The Morgan fingerprint density at radius 3 is 2.42 bits per heavy atom. The zero-order valence-corrected chi connectivity index (χ0v) is 16.6. The van der Waals surface area contributed by atoms with Gasteiger partial charge in [0.25, 0.3) is 10.0 Å². The van der Waals surface area contributed by atoms with Crippen molar-refractivity contribution in [3.8, 4) is 0 Å². The summed E-state index contributed by atoms with van der Waals surface area (Å²) in [5.74, 6) is -0.496. The summed E-state index contributed by atoms with van der Waals surface area (Å²) in [5.41, 5.74) is -0.301. The molecule has 0 saturated heterocycles. The molecule has 0 aliphatic carbocycles. The molecule has 0 fully saturated rings. The smallest absolute Gasteiger partial charge is 0.322 e. The third-order valence-electron chi connectivity index (χ3n) is 3.97. The zero-order valence-electron chi connectivity index (χ0n) is 15.8. The SMILES string of the molecule is O=C(/C=C/c1cccnc1)Nc1cccc(S(=O)(=O)Nc2cccc(C(F)(F)F)c2)c1. The topological polar surface area (TPSA) is 88.2 Å². The number of hydrogen-bond acceptors (Lipinski definition) is 4. The quantitative estimate of drug-likeness (QED) is 0.543. The number of carbonyl (C=O) groups is 1. The van der Waals surface area contributed by atoms with Gasteiger partial charge in [0, 0.05) is 29.8 Å². The highest BCUT2D eigenvalue weighted by atomic mass is 32.2. The molecule has 2 N–H and O–H groups in total. The van der Waals surface area contributed by atoms with Crippen LogP contribution in [0.25, 0.3) is 6.08 Å². The molecule has 1 heterocycles. The molecule has 0 aliphatic rings. The maximum atomic E-state index is 12.8. The van der Waals surface area contributed by atoms with E-state index in [-0.39, 0.29) is 16.3 Å². The van der Waals surface area contributed by atoms with Gasteiger partial charge in [-0.2, -0.15) is 13.2 Å². The van der Waals surface area contributed by atoms with Gasteiger partial charge >= 0.3 is 6.18 Å². The van der Waals surface area contributed by atoms with E-state index in [1.54, 1.807) is 24.5 Å². The maximum Gasteiger partial charge on any atom is 0.416 e. The second-order valence-corrected chi connectivity index (χ2v) is 8.00. The minimum Gasteiger partial charge on any atom is -0.322 e. The van der Waals surface area contributed by atoms with Crippen molar-refractivity contribution in [3.05, 3.63) is 90.3 Å². The minimum absolute atomic E-state index is 0.202. The Labute approximate surface area is 176 Å². The summed E-state index contributed by atoms with van der Waals surface area (Å²) in [6, 6.07) is 12.7. The Bertz CT molecular complexity index is 1210. The predicted molar refractivity (Wildman–Crippen MR) is 111 cm³/mol. The third kappa shape index (κ3) is 6.16. The molecule has 0 unspecified atom stereocenters. The highest BCUT2D eigenvalue weighted by Crippen LogP contribution is 2.31. The summed E-state index contributed by atoms with van der Waals surface area (Å²) in [7, 11) is -4.18. The van der Waals surface area contributed by atoms with Crippen molar-refractivity contribution in [2.45, 2.75) is 11.1 Å². The van der Waals surface area contributed by atoms with Crippen LogP contribution in [0.15, 0.2) is 84.0 Å². The number of carbonyl (C=O) groups excluding carboxylic acids is 1. The van der Waals surface area contributed by atoms with E-state index in [0.717, 1.165) is 12.1 Å². The van der Waals surface area contributed by atoms with Crippen molar-refractivity contribution in [2.24, 2.45) is 0 Å². The van der Waals surface area contributed by atoms with E-state index in [0.29, 0.717) is 11.6 Å². The monoisotopic (exact) mass is 447 g/mol. The first-order valence-corrected chi connectivity index (χ1v) is 10.3. The van der Waals surface area contributed by atoms with Crippen LogP contribution in [0.5, 0.6) is 0 Å². The summed E-state index contributed by atoms with van der Waals surface area (Å²) < 4.78 is 65.8. The van der Waals surface area contributed by atoms with Crippen molar-refractivity contribution >= 4 is 33.4 Å². The van der Waals surface area contributed by atoms with Crippen molar-refractivity contribution in [1.82, 2.24) is 4.98 Å². The highest BCUT2D eigenvalue weighted by molar-refractivity contribution is 7.92. The Morgan fingerprint density at radius 1 is 0.968 bits per heavy atom. The largest absolute Gasteiger partial charge is 0.416 e. The first-order chi connectivity index (χ1) is 14.6. The normalized spacial score (nSPS) is 12.0. The predicted octanol–water partition coefficient (Wildman–Crippen LogP) is 4.55. The average Bonchev–Trinajstić information content (AvgIpc) is 2.72. The summed E-state index contributed by atoms with van der Waals surface area (Å²) in [4.78, 5) is 15.8. The number of aromatic nitrogens is 1. The van der Waals surface area contributed by atoms with E-state index >= 15 is 0 Å². The molecule has 2 aromatic carbocycles. The lowest BCUT2D eigenvalue weighted by Gasteiger charge is -2.12. The highest BCUT2D eigenvalue weighted by Gasteiger charge is 2.30. The third-order valence-corrected chi connectivity index (χ3v) is 5.34. The van der Waals surface area contributed by atoms with Gasteiger partial charge in [-0.25, -0.2) is 8.42 Å². The fourth-order valence-electron chi connectivity index (χ4n) is 2.54. The number of nitrogens with zero attached hydrogens (tertiary/aromatic N) is 1. The van der Waals surface area contributed by atoms with E-state index in [2.05, 4.69) is 15.0 Å². The van der Waals surface area contributed by atoms with Crippen LogP contribution in [0, 0.1) is 0 Å². The molecule has 0 spiro atoms. The van der Waals surface area contributed by atoms with E-state index in [1.165, 1.54) is 42.5 Å². The van der Waals surface area contributed by atoms with Gasteiger partial charge in [0.05, 0.1) is 10.5 Å². The number of hydrogen-bond donors (Lipinski definition) is 2. The fraction of sp³-hybridized carbons (Fsp3) is 0.0476. The standard InChI is InChI=1S/C21H16F3N3O3S/c22-21(23,24)16-5-1-7-18(12-16)27-31(29,30)19-8-2-6-17(13-19)26-20(28)10-9-15-4-3-11-25-14-15/h1-14,27H,(H,26,28)/b10-9+. The molecule has 1 amide bonds. The molecule has 31 heavy (non-hydrogen) atoms. The van der Waals surface area contributed by atoms with Gasteiger partial charge in [-0.1, -0.05) is 18.2 Å². The summed E-state index contributed by atoms with van der Waals surface area (Å²) in [6.45, 7) is 0. The number of amides is 1. The van der Waals surface area contributed by atoms with E-state index in [4.69, 9.17) is 0 Å². The van der Waals surface area contributed by atoms with E-state index in [1.807, 2.05) is 0 Å². The summed E-state index contributed by atoms with van der Waals surface area (Å²) >= 11 is 0. The number of sulfonamides is 1. The van der Waals surface area contributed by atoms with Gasteiger partial charge in [-0.15, -0.1) is 0 Å². The van der Waals surface area contributed by atoms with Crippen LogP contribution >= 0.6 is 0 Å². The molecule has 10 heteroatoms. The summed E-state index contributed by atoms with van der Waals surface area (Å²) in [5, 5.41) is 2.53. The number of anilines is 2. The van der Waals surface area contributed by atoms with Crippen LogP contribution in [0.4, 0.5) is 24.5 Å². The number of benzene rings is 2. The van der Waals surface area contributed by atoms with Crippen LogP contribution in [0.1, 0.15) is 11.1 Å². The van der Waals surface area contributed by atoms with Crippen LogP contribution in [0.3, 0.4) is 0 Å². The molecule has 3 aromatic rings. The number of rotatable bonds is 6. The molecule has 160 valence electrons. The molecule has 6 nitrogen and oxygen atoms in total. The number of pyridine rings is 1. The Hall–Kier alpha value is -3.66.